The van der Waals surface area contributed by atoms with Crippen LogP contribution in [-0.4, -0.2) is 40.5 Å². The van der Waals surface area contributed by atoms with Crippen LogP contribution in [0.2, 0.25) is 5.02 Å². The smallest absolute Gasteiger partial charge is 0.235 e. The lowest BCUT2D eigenvalue weighted by Crippen LogP contribution is -2.42. The maximum Gasteiger partial charge on any atom is 0.235 e. The van der Waals surface area contributed by atoms with E-state index in [0.29, 0.717) is 40.9 Å². The molecule has 0 bridgehead atoms. The van der Waals surface area contributed by atoms with Crippen LogP contribution < -0.4 is 15.8 Å². The second-order valence-electron chi connectivity index (χ2n) is 8.07. The molecule has 3 aromatic rings. The lowest BCUT2D eigenvalue weighted by atomic mass is 10.1. The molecule has 2 aromatic carbocycles. The van der Waals surface area contributed by atoms with Gasteiger partial charge in [-0.2, -0.15) is 0 Å². The van der Waals surface area contributed by atoms with Gasteiger partial charge in [0, 0.05) is 30.1 Å². The van der Waals surface area contributed by atoms with Gasteiger partial charge in [0.1, 0.15) is 17.9 Å². The second kappa shape index (κ2) is 7.62. The normalized spacial score (nSPS) is 22.4. The van der Waals surface area contributed by atoms with Crippen LogP contribution in [-0.2, 0) is 11.3 Å². The van der Waals surface area contributed by atoms with Gasteiger partial charge in [-0.1, -0.05) is 17.7 Å². The number of rotatable bonds is 6. The number of hydrogen-bond donors (Lipinski definition) is 2. The zero-order valence-electron chi connectivity index (χ0n) is 16.8. The summed E-state index contributed by atoms with van der Waals surface area (Å²) in [7, 11) is 1.60. The van der Waals surface area contributed by atoms with E-state index in [1.807, 2.05) is 12.1 Å². The zero-order valence-corrected chi connectivity index (χ0v) is 17.6. The summed E-state index contributed by atoms with van der Waals surface area (Å²) < 4.78 is 20.0. The first-order valence-corrected chi connectivity index (χ1v) is 10.4. The van der Waals surface area contributed by atoms with E-state index in [2.05, 4.69) is 20.2 Å². The Kier molecular flexibility index (Phi) is 4.91. The molecule has 160 valence electrons. The van der Waals surface area contributed by atoms with Crippen LogP contribution in [0.25, 0.3) is 10.9 Å². The van der Waals surface area contributed by atoms with Crippen molar-refractivity contribution in [2.24, 2.45) is 17.6 Å². The van der Waals surface area contributed by atoms with Crippen molar-refractivity contribution in [3.63, 3.8) is 0 Å². The molecule has 3 N–H and O–H groups in total. The van der Waals surface area contributed by atoms with E-state index in [1.54, 1.807) is 19.2 Å². The molecule has 0 radical (unpaired) electrons. The minimum absolute atomic E-state index is 0.0239. The standard InChI is InChI=1S/C22H21ClFN5O2/c1-31-18-7-17-14(6-12(18)9-29-8-11-5-13(11)20(29)21(25)30)22(27-10-26-17)28-16-4-2-3-15(23)19(16)24/h2-4,6-7,10-11,13,20H,5,8-9H2,1H3,(H2,25,30)(H,26,27,28)/t11-,13-,20?/m0/s1. The number of ether oxygens (including phenoxy) is 1. The van der Waals surface area contributed by atoms with Crippen LogP contribution in [0.1, 0.15) is 12.0 Å². The molecule has 31 heavy (non-hydrogen) atoms. The molecule has 1 unspecified atom stereocenters. The summed E-state index contributed by atoms with van der Waals surface area (Å²) >= 11 is 5.91. The number of halogens is 2. The molecule has 5 rings (SSSR count). The third-order valence-corrected chi connectivity index (χ3v) is 6.44. The van der Waals surface area contributed by atoms with Crippen LogP contribution in [0.3, 0.4) is 0 Å². The number of piperidine rings is 1. The number of nitrogens with one attached hydrogen (secondary N) is 1. The summed E-state index contributed by atoms with van der Waals surface area (Å²) in [6, 6.07) is 8.22. The molecule has 1 saturated heterocycles. The van der Waals surface area contributed by atoms with Gasteiger partial charge >= 0.3 is 0 Å². The lowest BCUT2D eigenvalue weighted by Gasteiger charge is -2.26. The van der Waals surface area contributed by atoms with Gasteiger partial charge in [0.25, 0.3) is 0 Å². The van der Waals surface area contributed by atoms with Crippen molar-refractivity contribution < 1.29 is 13.9 Å². The van der Waals surface area contributed by atoms with Crippen molar-refractivity contribution in [1.29, 1.82) is 0 Å². The highest BCUT2D eigenvalue weighted by Gasteiger charge is 2.54. The number of methoxy groups -OCH3 is 1. The van der Waals surface area contributed by atoms with Crippen LogP contribution in [0.5, 0.6) is 5.75 Å². The van der Waals surface area contributed by atoms with Gasteiger partial charge in [-0.25, -0.2) is 14.4 Å². The number of primary amides is 1. The number of likely N-dealkylation sites (tertiary alicyclic amines) is 1. The van der Waals surface area contributed by atoms with Gasteiger partial charge in [0.15, 0.2) is 5.82 Å². The lowest BCUT2D eigenvalue weighted by molar-refractivity contribution is -0.123. The van der Waals surface area contributed by atoms with E-state index in [4.69, 9.17) is 22.1 Å². The fraction of sp³-hybridized carbons (Fsp3) is 0.318. The summed E-state index contributed by atoms with van der Waals surface area (Å²) in [6.45, 7) is 1.35. The third kappa shape index (κ3) is 3.55. The fourth-order valence-electron chi connectivity index (χ4n) is 4.60. The molecule has 9 heteroatoms. The number of carbonyl (C=O) groups is 1. The van der Waals surface area contributed by atoms with Crippen LogP contribution >= 0.6 is 11.6 Å². The average molecular weight is 442 g/mol. The fourth-order valence-corrected chi connectivity index (χ4v) is 4.77. The maximum atomic E-state index is 14.4. The number of aromatic nitrogens is 2. The summed E-state index contributed by atoms with van der Waals surface area (Å²) in [5.41, 5.74) is 7.42. The number of fused-ring (bicyclic) bond motifs is 2. The Morgan fingerprint density at radius 3 is 3.00 bits per heavy atom. The van der Waals surface area contributed by atoms with Crippen LogP contribution in [0, 0.1) is 17.7 Å². The Morgan fingerprint density at radius 1 is 1.39 bits per heavy atom. The topological polar surface area (TPSA) is 93.4 Å². The number of carbonyl (C=O) groups excluding carboxylic acids is 1. The van der Waals surface area contributed by atoms with E-state index in [-0.39, 0.29) is 22.7 Å². The number of nitrogens with two attached hydrogens (primary N) is 1. The summed E-state index contributed by atoms with van der Waals surface area (Å²) in [5, 5.41) is 3.75. The number of benzene rings is 2. The molecule has 1 aliphatic carbocycles. The van der Waals surface area contributed by atoms with E-state index >= 15 is 0 Å². The molecule has 1 saturated carbocycles. The molecule has 2 aliphatic rings. The molecule has 1 aliphatic heterocycles. The largest absolute Gasteiger partial charge is 0.496 e. The molecule has 1 amide bonds. The molecule has 3 atom stereocenters. The first-order chi connectivity index (χ1) is 15.0. The van der Waals surface area contributed by atoms with E-state index < -0.39 is 5.82 Å². The van der Waals surface area contributed by atoms with Gasteiger partial charge in [-0.05, 0) is 36.5 Å². The number of nitrogens with zero attached hydrogens (tertiary/aromatic N) is 3. The molecule has 2 heterocycles. The van der Waals surface area contributed by atoms with E-state index in [0.717, 1.165) is 18.5 Å². The summed E-state index contributed by atoms with van der Waals surface area (Å²) in [4.78, 5) is 22.7. The predicted molar refractivity (Wildman–Crippen MR) is 116 cm³/mol. The first kappa shape index (κ1) is 20.0. The molecule has 1 aromatic heterocycles. The Morgan fingerprint density at radius 2 is 2.23 bits per heavy atom. The van der Waals surface area contributed by atoms with Gasteiger partial charge in [0.2, 0.25) is 5.91 Å². The second-order valence-corrected chi connectivity index (χ2v) is 8.47. The minimum Gasteiger partial charge on any atom is -0.496 e. The summed E-state index contributed by atoms with van der Waals surface area (Å²) in [5.74, 6) is 1.17. The first-order valence-electron chi connectivity index (χ1n) is 10.0. The molecule has 2 fully saturated rings. The number of amides is 1. The van der Waals surface area contributed by atoms with Crippen molar-refractivity contribution in [3.05, 3.63) is 53.1 Å². The highest BCUT2D eigenvalue weighted by molar-refractivity contribution is 6.31. The minimum atomic E-state index is -0.551. The molecule has 7 nitrogen and oxygen atoms in total. The molecule has 0 spiro atoms. The quantitative estimate of drug-likeness (QED) is 0.608. The number of anilines is 2. The third-order valence-electron chi connectivity index (χ3n) is 6.15. The Balaban J connectivity index is 1.52. The van der Waals surface area contributed by atoms with Gasteiger partial charge in [-0.15, -0.1) is 0 Å². The highest BCUT2D eigenvalue weighted by Crippen LogP contribution is 2.50. The van der Waals surface area contributed by atoms with Gasteiger partial charge in [0.05, 0.1) is 29.4 Å². The Hall–Kier alpha value is -2.97. The highest BCUT2D eigenvalue weighted by atomic mass is 35.5. The predicted octanol–water partition coefficient (Wildman–Crippen LogP) is 3.48. The maximum absolute atomic E-state index is 14.4. The SMILES string of the molecule is COc1cc2ncnc(Nc3cccc(Cl)c3F)c2cc1CN1C[C@@H]2C[C@@H]2C1C(N)=O. The van der Waals surface area contributed by atoms with E-state index in [1.165, 1.54) is 12.4 Å². The van der Waals surface area contributed by atoms with Gasteiger partial charge in [-0.3, -0.25) is 9.69 Å². The average Bonchev–Trinajstić information content (AvgIpc) is 3.40. The van der Waals surface area contributed by atoms with Crippen molar-refractivity contribution in [2.45, 2.75) is 19.0 Å². The van der Waals surface area contributed by atoms with Crippen molar-refractivity contribution in [2.75, 3.05) is 19.0 Å². The summed E-state index contributed by atoms with van der Waals surface area (Å²) in [6.07, 6.45) is 2.47. The van der Waals surface area contributed by atoms with Crippen molar-refractivity contribution in [1.82, 2.24) is 14.9 Å². The van der Waals surface area contributed by atoms with E-state index in [9.17, 15) is 9.18 Å². The van der Waals surface area contributed by atoms with Crippen molar-refractivity contribution >= 4 is 39.9 Å². The van der Waals surface area contributed by atoms with Crippen LogP contribution in [0.15, 0.2) is 36.7 Å². The van der Waals surface area contributed by atoms with Crippen LogP contribution in [0.4, 0.5) is 15.9 Å². The van der Waals surface area contributed by atoms with Gasteiger partial charge < -0.3 is 15.8 Å². The zero-order chi connectivity index (χ0) is 21.7. The Bertz CT molecular complexity index is 1190. The monoisotopic (exact) mass is 441 g/mol. The number of hydrogen-bond acceptors (Lipinski definition) is 6. The van der Waals surface area contributed by atoms with Crippen molar-refractivity contribution in [3.8, 4) is 5.75 Å². The Labute approximate surface area is 183 Å². The molecular weight excluding hydrogens is 421 g/mol. The molecular formula is C22H21ClFN5O2.